The second kappa shape index (κ2) is 6.19. The van der Waals surface area contributed by atoms with Gasteiger partial charge < -0.3 is 10.2 Å². The molecule has 0 saturated carbocycles. The van der Waals surface area contributed by atoms with Crippen LogP contribution in [0, 0.1) is 6.92 Å². The number of carboxylic acid groups (broad SMARTS) is 1. The lowest BCUT2D eigenvalue weighted by Crippen LogP contribution is -2.51. The second-order valence-corrected chi connectivity index (χ2v) is 5.24. The van der Waals surface area contributed by atoms with Gasteiger partial charge in [0, 0.05) is 38.4 Å². The minimum Gasteiger partial charge on any atom is -0.506 e. The normalized spacial score (nSPS) is 18.9. The van der Waals surface area contributed by atoms with E-state index >= 15 is 0 Å². The van der Waals surface area contributed by atoms with Crippen LogP contribution in [0.2, 0.25) is 0 Å². The van der Waals surface area contributed by atoms with Crippen LogP contribution in [-0.2, 0) is 11.3 Å². The molecule has 1 aliphatic rings. The van der Waals surface area contributed by atoms with Gasteiger partial charge >= 0.3 is 5.97 Å². The molecule has 2 N–H and O–H groups in total. The number of hydrogen-bond acceptors (Lipinski definition) is 5. The van der Waals surface area contributed by atoms with E-state index in [1.54, 1.807) is 19.1 Å². The zero-order valence-corrected chi connectivity index (χ0v) is 11.9. The molecule has 2 heterocycles. The monoisotopic (exact) mass is 279 g/mol. The molecule has 6 nitrogen and oxygen atoms in total. The van der Waals surface area contributed by atoms with E-state index in [-0.39, 0.29) is 5.75 Å². The highest BCUT2D eigenvalue weighted by Gasteiger charge is 2.25. The van der Waals surface area contributed by atoms with E-state index in [4.69, 9.17) is 5.11 Å². The highest BCUT2D eigenvalue weighted by molar-refractivity contribution is 5.72. The third-order valence-electron chi connectivity index (χ3n) is 3.77. The van der Waals surface area contributed by atoms with Gasteiger partial charge in [0.25, 0.3) is 0 Å². The van der Waals surface area contributed by atoms with E-state index in [9.17, 15) is 9.90 Å². The number of aryl methyl sites for hydroxylation is 1. The van der Waals surface area contributed by atoms with Crippen molar-refractivity contribution in [3.63, 3.8) is 0 Å². The van der Waals surface area contributed by atoms with Crippen molar-refractivity contribution in [1.82, 2.24) is 14.8 Å². The van der Waals surface area contributed by atoms with Crippen LogP contribution in [-0.4, -0.2) is 63.2 Å². The van der Waals surface area contributed by atoms with Gasteiger partial charge in [0.15, 0.2) is 0 Å². The summed E-state index contributed by atoms with van der Waals surface area (Å²) >= 11 is 0. The molecule has 0 bridgehead atoms. The van der Waals surface area contributed by atoms with Crippen LogP contribution in [0.25, 0.3) is 0 Å². The maximum atomic E-state index is 11.0. The largest absolute Gasteiger partial charge is 0.506 e. The summed E-state index contributed by atoms with van der Waals surface area (Å²) < 4.78 is 0. The lowest BCUT2D eigenvalue weighted by molar-refractivity contribution is -0.143. The predicted octanol–water partition coefficient (Wildman–Crippen LogP) is 0.686. The van der Waals surface area contributed by atoms with E-state index in [1.165, 1.54) is 0 Å². The number of nitrogens with zero attached hydrogens (tertiary/aromatic N) is 3. The molecule has 20 heavy (non-hydrogen) atoms. The van der Waals surface area contributed by atoms with E-state index in [0.29, 0.717) is 12.2 Å². The van der Waals surface area contributed by atoms with Crippen LogP contribution in [0.1, 0.15) is 18.3 Å². The molecular formula is C14H21N3O3. The molecule has 0 radical (unpaired) electrons. The first-order valence-electron chi connectivity index (χ1n) is 6.82. The molecule has 1 aromatic rings. The molecule has 6 heteroatoms. The molecule has 0 aliphatic carbocycles. The Balaban J connectivity index is 1.91. The Kier molecular flexibility index (Phi) is 4.57. The fourth-order valence-electron chi connectivity index (χ4n) is 2.40. The SMILES string of the molecule is Cc1ccc(O)c(CN2CCN(C(C)C(=O)O)CC2)n1. The van der Waals surface area contributed by atoms with E-state index in [1.807, 2.05) is 11.8 Å². The molecule has 1 saturated heterocycles. The molecule has 0 spiro atoms. The van der Waals surface area contributed by atoms with Crippen molar-refractivity contribution in [3.8, 4) is 5.75 Å². The summed E-state index contributed by atoms with van der Waals surface area (Å²) in [6, 6.07) is 3.01. The van der Waals surface area contributed by atoms with Gasteiger partial charge in [0.2, 0.25) is 0 Å². The number of carboxylic acids is 1. The van der Waals surface area contributed by atoms with Gasteiger partial charge in [-0.05, 0) is 26.0 Å². The summed E-state index contributed by atoms with van der Waals surface area (Å²) in [4.78, 5) is 19.5. The average molecular weight is 279 g/mol. The Morgan fingerprint density at radius 3 is 2.60 bits per heavy atom. The molecule has 1 aliphatic heterocycles. The molecule has 0 amide bonds. The maximum absolute atomic E-state index is 11.0. The average Bonchev–Trinajstić information content (AvgIpc) is 2.43. The Hall–Kier alpha value is -1.66. The van der Waals surface area contributed by atoms with Crippen LogP contribution in [0.15, 0.2) is 12.1 Å². The first-order valence-corrected chi connectivity index (χ1v) is 6.82. The third kappa shape index (κ3) is 3.46. The van der Waals surface area contributed by atoms with Crippen LogP contribution < -0.4 is 0 Å². The van der Waals surface area contributed by atoms with Gasteiger partial charge in [-0.3, -0.25) is 19.6 Å². The van der Waals surface area contributed by atoms with E-state index in [0.717, 1.165) is 31.9 Å². The zero-order chi connectivity index (χ0) is 14.7. The Bertz CT molecular complexity index is 485. The number of aromatic hydroxyl groups is 1. The number of carbonyl (C=O) groups is 1. The number of rotatable bonds is 4. The van der Waals surface area contributed by atoms with Gasteiger partial charge in [-0.1, -0.05) is 0 Å². The highest BCUT2D eigenvalue weighted by Crippen LogP contribution is 2.18. The summed E-state index contributed by atoms with van der Waals surface area (Å²) in [6.07, 6.45) is 0. The van der Waals surface area contributed by atoms with Crippen LogP contribution in [0.5, 0.6) is 5.75 Å². The summed E-state index contributed by atoms with van der Waals surface area (Å²) in [5.74, 6) is -0.562. The Labute approximate surface area is 118 Å². The van der Waals surface area contributed by atoms with Crippen molar-refractivity contribution in [2.24, 2.45) is 0 Å². The minimum atomic E-state index is -0.781. The van der Waals surface area contributed by atoms with Crippen molar-refractivity contribution < 1.29 is 15.0 Å². The molecular weight excluding hydrogens is 258 g/mol. The molecule has 1 atom stereocenters. The molecule has 110 valence electrons. The predicted molar refractivity (Wildman–Crippen MR) is 74.6 cm³/mol. The molecule has 0 aromatic carbocycles. The molecule has 1 fully saturated rings. The lowest BCUT2D eigenvalue weighted by atomic mass is 10.2. The van der Waals surface area contributed by atoms with Gasteiger partial charge in [0.05, 0.1) is 5.69 Å². The van der Waals surface area contributed by atoms with Gasteiger partial charge in [0.1, 0.15) is 11.8 Å². The van der Waals surface area contributed by atoms with Crippen molar-refractivity contribution in [2.45, 2.75) is 26.4 Å². The lowest BCUT2D eigenvalue weighted by Gasteiger charge is -2.36. The second-order valence-electron chi connectivity index (χ2n) is 5.24. The number of piperazine rings is 1. The number of aliphatic carboxylic acids is 1. The first-order chi connectivity index (χ1) is 9.47. The van der Waals surface area contributed by atoms with Gasteiger partial charge in [-0.25, -0.2) is 0 Å². The van der Waals surface area contributed by atoms with Crippen LogP contribution in [0.3, 0.4) is 0 Å². The quantitative estimate of drug-likeness (QED) is 0.844. The van der Waals surface area contributed by atoms with E-state index < -0.39 is 12.0 Å². The molecule has 1 aromatic heterocycles. The van der Waals surface area contributed by atoms with Gasteiger partial charge in [-0.15, -0.1) is 0 Å². The van der Waals surface area contributed by atoms with Gasteiger partial charge in [-0.2, -0.15) is 0 Å². The van der Waals surface area contributed by atoms with Crippen LogP contribution in [0.4, 0.5) is 0 Å². The Morgan fingerprint density at radius 2 is 2.00 bits per heavy atom. The summed E-state index contributed by atoms with van der Waals surface area (Å²) in [5.41, 5.74) is 1.57. The summed E-state index contributed by atoms with van der Waals surface area (Å²) in [7, 11) is 0. The van der Waals surface area contributed by atoms with Crippen molar-refractivity contribution in [2.75, 3.05) is 26.2 Å². The number of aromatic nitrogens is 1. The molecule has 1 unspecified atom stereocenters. The Morgan fingerprint density at radius 1 is 1.35 bits per heavy atom. The maximum Gasteiger partial charge on any atom is 0.320 e. The fraction of sp³-hybridized carbons (Fsp3) is 0.571. The summed E-state index contributed by atoms with van der Waals surface area (Å²) in [5, 5.41) is 18.8. The third-order valence-corrected chi connectivity index (χ3v) is 3.77. The summed E-state index contributed by atoms with van der Waals surface area (Å²) in [6.45, 7) is 7.23. The number of pyridine rings is 1. The highest BCUT2D eigenvalue weighted by atomic mass is 16.4. The number of hydrogen-bond donors (Lipinski definition) is 2. The van der Waals surface area contributed by atoms with Crippen molar-refractivity contribution >= 4 is 5.97 Å². The van der Waals surface area contributed by atoms with Crippen LogP contribution >= 0.6 is 0 Å². The fourth-order valence-corrected chi connectivity index (χ4v) is 2.40. The van der Waals surface area contributed by atoms with E-state index in [2.05, 4.69) is 9.88 Å². The minimum absolute atomic E-state index is 0.219. The molecule has 2 rings (SSSR count). The smallest absolute Gasteiger partial charge is 0.320 e. The topological polar surface area (TPSA) is 76.9 Å². The van der Waals surface area contributed by atoms with Crippen molar-refractivity contribution in [3.05, 3.63) is 23.5 Å². The standard InChI is InChI=1S/C14H21N3O3/c1-10-3-4-13(18)12(15-10)9-16-5-7-17(8-6-16)11(2)14(19)20/h3-4,11,18H,5-9H2,1-2H3,(H,19,20). The van der Waals surface area contributed by atoms with Crippen molar-refractivity contribution in [1.29, 1.82) is 0 Å². The first kappa shape index (κ1) is 14.7. The zero-order valence-electron chi connectivity index (χ0n) is 11.9.